The molecule has 0 bridgehead atoms. The van der Waals surface area contributed by atoms with Crippen LogP contribution < -0.4 is 5.32 Å². The Kier molecular flexibility index (Phi) is 6.47. The largest absolute Gasteiger partial charge is 0.462 e. The number of anilines is 1. The standard InChI is InChI=1S/C22H30N2O3/c1-8-27-22(26)18-14(6)19(23-15(18)7)21(25)24-20-16(12(2)3)10-9-11-17(20)13(4)5/h9-13,23H,8H2,1-7H3,(H,24,25). The lowest BCUT2D eigenvalue weighted by Crippen LogP contribution is -2.17. The molecule has 0 radical (unpaired) electrons. The summed E-state index contributed by atoms with van der Waals surface area (Å²) < 4.78 is 5.11. The van der Waals surface area contributed by atoms with Crippen LogP contribution in [0.2, 0.25) is 0 Å². The highest BCUT2D eigenvalue weighted by atomic mass is 16.5. The molecule has 1 amide bonds. The predicted octanol–water partition coefficient (Wildman–Crippen LogP) is 5.31. The molecule has 0 saturated carbocycles. The Morgan fingerprint density at radius 1 is 1.07 bits per heavy atom. The molecule has 0 aliphatic heterocycles. The second-order valence-electron chi connectivity index (χ2n) is 7.42. The van der Waals surface area contributed by atoms with Crippen molar-refractivity contribution in [3.63, 3.8) is 0 Å². The zero-order valence-electron chi connectivity index (χ0n) is 17.3. The summed E-state index contributed by atoms with van der Waals surface area (Å²) >= 11 is 0. The fourth-order valence-corrected chi connectivity index (χ4v) is 3.36. The topological polar surface area (TPSA) is 71.2 Å². The zero-order chi connectivity index (χ0) is 20.3. The summed E-state index contributed by atoms with van der Waals surface area (Å²) in [6.07, 6.45) is 0. The number of aromatic amines is 1. The molecule has 0 fully saturated rings. The molecule has 5 nitrogen and oxygen atoms in total. The average Bonchev–Trinajstić information content (AvgIpc) is 2.89. The number of rotatable bonds is 6. The van der Waals surface area contributed by atoms with Crippen LogP contribution in [0.3, 0.4) is 0 Å². The van der Waals surface area contributed by atoms with Gasteiger partial charge < -0.3 is 15.0 Å². The third-order valence-electron chi connectivity index (χ3n) is 4.76. The molecule has 1 heterocycles. The molecule has 1 aromatic carbocycles. The van der Waals surface area contributed by atoms with Crippen molar-refractivity contribution in [1.82, 2.24) is 4.98 Å². The van der Waals surface area contributed by atoms with Crippen LogP contribution in [0.15, 0.2) is 18.2 Å². The summed E-state index contributed by atoms with van der Waals surface area (Å²) in [6, 6.07) is 6.12. The van der Waals surface area contributed by atoms with Gasteiger partial charge in [-0.3, -0.25) is 4.79 Å². The van der Waals surface area contributed by atoms with Crippen molar-refractivity contribution >= 4 is 17.6 Å². The van der Waals surface area contributed by atoms with Gasteiger partial charge in [-0.25, -0.2) is 4.79 Å². The number of amides is 1. The molecular formula is C22H30N2O3. The molecule has 0 aliphatic rings. The summed E-state index contributed by atoms with van der Waals surface area (Å²) in [6.45, 7) is 14.0. The highest BCUT2D eigenvalue weighted by Crippen LogP contribution is 2.33. The number of hydrogen-bond donors (Lipinski definition) is 2. The Morgan fingerprint density at radius 3 is 2.11 bits per heavy atom. The van der Waals surface area contributed by atoms with Crippen LogP contribution in [-0.2, 0) is 4.74 Å². The van der Waals surface area contributed by atoms with E-state index in [4.69, 9.17) is 4.74 Å². The molecule has 2 rings (SSSR count). The van der Waals surface area contributed by atoms with Gasteiger partial charge in [-0.2, -0.15) is 0 Å². The van der Waals surface area contributed by atoms with E-state index in [1.165, 1.54) is 0 Å². The lowest BCUT2D eigenvalue weighted by Gasteiger charge is -2.20. The molecular weight excluding hydrogens is 340 g/mol. The Balaban J connectivity index is 2.45. The minimum Gasteiger partial charge on any atom is -0.462 e. The highest BCUT2D eigenvalue weighted by molar-refractivity contribution is 6.07. The number of H-pyrrole nitrogens is 1. The van der Waals surface area contributed by atoms with Crippen molar-refractivity contribution in [3.05, 3.63) is 51.8 Å². The van der Waals surface area contributed by atoms with Crippen molar-refractivity contribution in [1.29, 1.82) is 0 Å². The number of carbonyl (C=O) groups excluding carboxylic acids is 2. The molecule has 0 spiro atoms. The molecule has 2 aromatic rings. The molecule has 2 N–H and O–H groups in total. The SMILES string of the molecule is CCOC(=O)c1c(C)[nH]c(C(=O)Nc2c(C(C)C)cccc2C(C)C)c1C. The first-order chi connectivity index (χ1) is 12.7. The molecule has 27 heavy (non-hydrogen) atoms. The number of carbonyl (C=O) groups is 2. The molecule has 0 aliphatic carbocycles. The number of ether oxygens (including phenoxy) is 1. The van der Waals surface area contributed by atoms with Crippen molar-refractivity contribution in [2.75, 3.05) is 11.9 Å². The van der Waals surface area contributed by atoms with Gasteiger partial charge in [0.2, 0.25) is 0 Å². The number of esters is 1. The van der Waals surface area contributed by atoms with Crippen LogP contribution in [0.4, 0.5) is 5.69 Å². The maximum atomic E-state index is 13.0. The van der Waals surface area contributed by atoms with E-state index >= 15 is 0 Å². The quantitative estimate of drug-likeness (QED) is 0.677. The van der Waals surface area contributed by atoms with Gasteiger partial charge in [0.05, 0.1) is 12.2 Å². The first-order valence-corrected chi connectivity index (χ1v) is 9.49. The highest BCUT2D eigenvalue weighted by Gasteiger charge is 2.24. The van der Waals surface area contributed by atoms with Gasteiger partial charge in [-0.1, -0.05) is 45.9 Å². The molecule has 0 atom stereocenters. The molecule has 1 aromatic heterocycles. The van der Waals surface area contributed by atoms with Crippen LogP contribution in [0.5, 0.6) is 0 Å². The van der Waals surface area contributed by atoms with Gasteiger partial charge in [-0.15, -0.1) is 0 Å². The number of aromatic nitrogens is 1. The number of nitrogens with one attached hydrogen (secondary N) is 2. The lowest BCUT2D eigenvalue weighted by molar-refractivity contribution is 0.0525. The normalized spacial score (nSPS) is 11.1. The lowest BCUT2D eigenvalue weighted by atomic mass is 9.92. The first kappa shape index (κ1) is 20.7. The molecule has 0 unspecified atom stereocenters. The summed E-state index contributed by atoms with van der Waals surface area (Å²) in [4.78, 5) is 28.3. The fraction of sp³-hybridized carbons (Fsp3) is 0.455. The number of aryl methyl sites for hydroxylation is 1. The maximum Gasteiger partial charge on any atom is 0.340 e. The summed E-state index contributed by atoms with van der Waals surface area (Å²) in [5.74, 6) is -0.101. The summed E-state index contributed by atoms with van der Waals surface area (Å²) in [5, 5.41) is 3.09. The molecule has 5 heteroatoms. The van der Waals surface area contributed by atoms with E-state index < -0.39 is 5.97 Å². The third kappa shape index (κ3) is 4.24. The van der Waals surface area contributed by atoms with Crippen LogP contribution in [-0.4, -0.2) is 23.5 Å². The Hall–Kier alpha value is -2.56. The van der Waals surface area contributed by atoms with Crippen molar-refractivity contribution < 1.29 is 14.3 Å². The van der Waals surface area contributed by atoms with E-state index in [2.05, 4.69) is 38.0 Å². The van der Waals surface area contributed by atoms with Gasteiger partial charge in [0.15, 0.2) is 0 Å². The van der Waals surface area contributed by atoms with E-state index in [0.29, 0.717) is 29.1 Å². The van der Waals surface area contributed by atoms with Gasteiger partial charge in [0.1, 0.15) is 5.69 Å². The second kappa shape index (κ2) is 8.42. The Bertz CT molecular complexity index is 821. The number of para-hydroxylation sites is 1. The molecule has 0 saturated heterocycles. The predicted molar refractivity (Wildman–Crippen MR) is 109 cm³/mol. The Morgan fingerprint density at radius 2 is 1.63 bits per heavy atom. The van der Waals surface area contributed by atoms with Crippen LogP contribution in [0, 0.1) is 13.8 Å². The average molecular weight is 370 g/mol. The van der Waals surface area contributed by atoms with Gasteiger partial charge in [-0.05, 0) is 49.3 Å². The van der Waals surface area contributed by atoms with E-state index in [1.807, 2.05) is 18.2 Å². The van der Waals surface area contributed by atoms with Crippen LogP contribution in [0.25, 0.3) is 0 Å². The number of hydrogen-bond acceptors (Lipinski definition) is 3. The van der Waals surface area contributed by atoms with E-state index in [1.54, 1.807) is 20.8 Å². The van der Waals surface area contributed by atoms with Crippen molar-refractivity contribution in [2.45, 2.75) is 60.3 Å². The van der Waals surface area contributed by atoms with E-state index in [-0.39, 0.29) is 17.7 Å². The Labute approximate surface area is 161 Å². The summed E-state index contributed by atoms with van der Waals surface area (Å²) in [7, 11) is 0. The maximum absolute atomic E-state index is 13.0. The third-order valence-corrected chi connectivity index (χ3v) is 4.76. The minimum atomic E-state index is -0.409. The van der Waals surface area contributed by atoms with Crippen LogP contribution >= 0.6 is 0 Å². The smallest absolute Gasteiger partial charge is 0.340 e. The van der Waals surface area contributed by atoms with E-state index in [9.17, 15) is 9.59 Å². The molecule has 146 valence electrons. The fourth-order valence-electron chi connectivity index (χ4n) is 3.36. The van der Waals surface area contributed by atoms with Gasteiger partial charge in [0, 0.05) is 11.4 Å². The monoisotopic (exact) mass is 370 g/mol. The second-order valence-corrected chi connectivity index (χ2v) is 7.42. The minimum absolute atomic E-state index is 0.249. The van der Waals surface area contributed by atoms with Crippen molar-refractivity contribution in [3.8, 4) is 0 Å². The summed E-state index contributed by atoms with van der Waals surface area (Å²) in [5.41, 5.74) is 5.12. The van der Waals surface area contributed by atoms with Crippen LogP contribution in [0.1, 0.15) is 89.7 Å². The number of benzene rings is 1. The van der Waals surface area contributed by atoms with Gasteiger partial charge in [0.25, 0.3) is 5.91 Å². The van der Waals surface area contributed by atoms with Gasteiger partial charge >= 0.3 is 5.97 Å². The van der Waals surface area contributed by atoms with Crippen molar-refractivity contribution in [2.24, 2.45) is 0 Å². The first-order valence-electron chi connectivity index (χ1n) is 9.49. The van der Waals surface area contributed by atoms with E-state index in [0.717, 1.165) is 16.8 Å². The zero-order valence-corrected chi connectivity index (χ0v) is 17.3.